The van der Waals surface area contributed by atoms with Crippen LogP contribution in [0.5, 0.6) is 0 Å². The number of hydrogen-bond donors (Lipinski definition) is 2. The van der Waals surface area contributed by atoms with Crippen molar-refractivity contribution in [1.29, 1.82) is 0 Å². The van der Waals surface area contributed by atoms with Crippen LogP contribution in [0, 0.1) is 0 Å². The van der Waals surface area contributed by atoms with Gasteiger partial charge in [0.05, 0.1) is 0 Å². The summed E-state index contributed by atoms with van der Waals surface area (Å²) < 4.78 is 0. The lowest BCUT2D eigenvalue weighted by molar-refractivity contribution is 0.102. The molecule has 0 radical (unpaired) electrons. The van der Waals surface area contributed by atoms with Gasteiger partial charge in [-0.2, -0.15) is 0 Å². The topological polar surface area (TPSA) is 41.1 Å². The predicted octanol–water partition coefficient (Wildman–Crippen LogP) is 4.13. The van der Waals surface area contributed by atoms with E-state index in [-0.39, 0.29) is 5.91 Å². The van der Waals surface area contributed by atoms with Gasteiger partial charge in [-0.25, -0.2) is 0 Å². The van der Waals surface area contributed by atoms with Crippen molar-refractivity contribution in [1.82, 2.24) is 5.32 Å². The van der Waals surface area contributed by atoms with Crippen molar-refractivity contribution >= 4 is 23.4 Å². The molecule has 2 aromatic carbocycles. The lowest BCUT2D eigenvalue weighted by Gasteiger charge is -2.25. The fourth-order valence-electron chi connectivity index (χ4n) is 3.02. The fraction of sp³-hybridized carbons (Fsp3) is 0.316. The van der Waals surface area contributed by atoms with E-state index in [0.29, 0.717) is 11.5 Å². The van der Waals surface area contributed by atoms with E-state index in [2.05, 4.69) is 16.7 Å². The second-order valence-corrected chi connectivity index (χ2v) is 6.69. The molecule has 2 N–H and O–H groups in total. The van der Waals surface area contributed by atoms with Crippen LogP contribution in [-0.2, 0) is 0 Å². The zero-order chi connectivity index (χ0) is 16.1. The van der Waals surface area contributed by atoms with Crippen molar-refractivity contribution < 1.29 is 4.79 Å². The van der Waals surface area contributed by atoms with Gasteiger partial charge in [-0.3, -0.25) is 4.79 Å². The highest BCUT2D eigenvalue weighted by Gasteiger charge is 2.19. The van der Waals surface area contributed by atoms with Gasteiger partial charge in [0.2, 0.25) is 0 Å². The normalized spacial score (nSPS) is 17.7. The van der Waals surface area contributed by atoms with Crippen LogP contribution in [0.15, 0.2) is 53.4 Å². The van der Waals surface area contributed by atoms with Crippen molar-refractivity contribution in [2.75, 3.05) is 24.7 Å². The molecule has 0 saturated carbocycles. The number of thioether (sulfide) groups is 1. The Morgan fingerprint density at radius 2 is 1.96 bits per heavy atom. The average molecular weight is 326 g/mol. The number of amides is 1. The summed E-state index contributed by atoms with van der Waals surface area (Å²) in [4.78, 5) is 13.7. The summed E-state index contributed by atoms with van der Waals surface area (Å²) in [6.45, 7) is 2.07. The van der Waals surface area contributed by atoms with E-state index in [0.717, 1.165) is 23.7 Å². The molecule has 1 atom stereocenters. The third-order valence-electron chi connectivity index (χ3n) is 4.30. The maximum absolute atomic E-state index is 12.5. The molecule has 1 fully saturated rings. The van der Waals surface area contributed by atoms with Crippen molar-refractivity contribution in [2.24, 2.45) is 0 Å². The SMILES string of the molecule is CSc1ccc(C(=O)Nc2ccccc2[C@@H]2CCCNC2)cc1. The Bertz CT molecular complexity index is 663. The van der Waals surface area contributed by atoms with Crippen LogP contribution in [0.25, 0.3) is 0 Å². The first-order chi connectivity index (χ1) is 11.3. The van der Waals surface area contributed by atoms with E-state index in [4.69, 9.17) is 0 Å². The molecule has 1 saturated heterocycles. The first-order valence-electron chi connectivity index (χ1n) is 8.03. The average Bonchev–Trinajstić information content (AvgIpc) is 2.63. The largest absolute Gasteiger partial charge is 0.322 e. The molecule has 0 aromatic heterocycles. The molecular formula is C19H22N2OS. The monoisotopic (exact) mass is 326 g/mol. The molecule has 0 bridgehead atoms. The summed E-state index contributed by atoms with van der Waals surface area (Å²) in [6, 6.07) is 15.9. The predicted molar refractivity (Wildman–Crippen MR) is 97.5 cm³/mol. The zero-order valence-electron chi connectivity index (χ0n) is 13.3. The molecule has 0 spiro atoms. The minimum Gasteiger partial charge on any atom is -0.322 e. The van der Waals surface area contributed by atoms with Gasteiger partial charge >= 0.3 is 0 Å². The van der Waals surface area contributed by atoms with Crippen molar-refractivity contribution in [3.8, 4) is 0 Å². The van der Waals surface area contributed by atoms with E-state index in [9.17, 15) is 4.79 Å². The number of hydrogen-bond acceptors (Lipinski definition) is 3. The van der Waals surface area contributed by atoms with Gasteiger partial charge in [0, 0.05) is 22.7 Å². The third-order valence-corrected chi connectivity index (χ3v) is 5.04. The summed E-state index contributed by atoms with van der Waals surface area (Å²) in [5, 5.41) is 6.53. The molecule has 1 amide bonds. The highest BCUT2D eigenvalue weighted by Crippen LogP contribution is 2.29. The lowest BCUT2D eigenvalue weighted by Crippen LogP contribution is -2.29. The number of benzene rings is 2. The van der Waals surface area contributed by atoms with Crippen LogP contribution < -0.4 is 10.6 Å². The lowest BCUT2D eigenvalue weighted by atomic mass is 9.90. The standard InChI is InChI=1S/C19H22N2OS/c1-23-16-10-8-14(9-11-16)19(22)21-18-7-3-2-6-17(18)15-5-4-12-20-13-15/h2-3,6-11,15,20H,4-5,12-13H2,1H3,(H,21,22)/t15-/m1/s1. The fourth-order valence-corrected chi connectivity index (χ4v) is 3.43. The number of nitrogens with one attached hydrogen (secondary N) is 2. The number of carbonyl (C=O) groups excluding carboxylic acids is 1. The van der Waals surface area contributed by atoms with Crippen LogP contribution >= 0.6 is 11.8 Å². The van der Waals surface area contributed by atoms with Gasteiger partial charge in [-0.1, -0.05) is 18.2 Å². The minimum absolute atomic E-state index is 0.0473. The first-order valence-corrected chi connectivity index (χ1v) is 9.25. The molecule has 4 heteroatoms. The van der Waals surface area contributed by atoms with Crippen LogP contribution in [-0.4, -0.2) is 25.3 Å². The Morgan fingerprint density at radius 1 is 1.17 bits per heavy atom. The molecule has 3 nitrogen and oxygen atoms in total. The van der Waals surface area contributed by atoms with Gasteiger partial charge in [0.25, 0.3) is 5.91 Å². The van der Waals surface area contributed by atoms with Crippen LogP contribution in [0.2, 0.25) is 0 Å². The molecule has 3 rings (SSSR count). The first kappa shape index (κ1) is 16.1. The van der Waals surface area contributed by atoms with E-state index in [1.54, 1.807) is 11.8 Å². The van der Waals surface area contributed by atoms with E-state index in [1.165, 1.54) is 18.4 Å². The zero-order valence-corrected chi connectivity index (χ0v) is 14.2. The second-order valence-electron chi connectivity index (χ2n) is 5.81. The highest BCUT2D eigenvalue weighted by molar-refractivity contribution is 7.98. The number of carbonyl (C=O) groups is 1. The van der Waals surface area contributed by atoms with Gasteiger partial charge in [0.15, 0.2) is 0 Å². The smallest absolute Gasteiger partial charge is 0.255 e. The van der Waals surface area contributed by atoms with Crippen LogP contribution in [0.3, 0.4) is 0 Å². The quantitative estimate of drug-likeness (QED) is 0.830. The molecule has 2 aromatic rings. The number of para-hydroxylation sites is 1. The molecule has 1 aliphatic heterocycles. The Kier molecular flexibility index (Phi) is 5.36. The number of rotatable bonds is 4. The molecule has 0 aliphatic carbocycles. The van der Waals surface area contributed by atoms with Gasteiger partial charge < -0.3 is 10.6 Å². The molecule has 0 unspecified atom stereocenters. The van der Waals surface area contributed by atoms with E-state index in [1.807, 2.05) is 48.7 Å². The maximum Gasteiger partial charge on any atom is 0.255 e. The summed E-state index contributed by atoms with van der Waals surface area (Å²) in [5.74, 6) is 0.424. The van der Waals surface area contributed by atoms with Crippen LogP contribution in [0.4, 0.5) is 5.69 Å². The van der Waals surface area contributed by atoms with Crippen LogP contribution in [0.1, 0.15) is 34.7 Å². The molecule has 1 aliphatic rings. The van der Waals surface area contributed by atoms with Gasteiger partial charge in [-0.15, -0.1) is 11.8 Å². The molecule has 23 heavy (non-hydrogen) atoms. The Labute approximate surface area is 141 Å². The maximum atomic E-state index is 12.5. The summed E-state index contributed by atoms with van der Waals surface area (Å²) in [5.41, 5.74) is 2.85. The summed E-state index contributed by atoms with van der Waals surface area (Å²) in [6.07, 6.45) is 4.38. The Morgan fingerprint density at radius 3 is 2.65 bits per heavy atom. The summed E-state index contributed by atoms with van der Waals surface area (Å²) in [7, 11) is 0. The highest BCUT2D eigenvalue weighted by atomic mass is 32.2. The molecular weight excluding hydrogens is 304 g/mol. The summed E-state index contributed by atoms with van der Waals surface area (Å²) >= 11 is 1.68. The second kappa shape index (κ2) is 7.66. The Hall–Kier alpha value is -1.78. The number of piperidine rings is 1. The van der Waals surface area contributed by atoms with Crippen molar-refractivity contribution in [2.45, 2.75) is 23.7 Å². The third kappa shape index (κ3) is 3.95. The Balaban J connectivity index is 1.77. The van der Waals surface area contributed by atoms with E-state index < -0.39 is 0 Å². The van der Waals surface area contributed by atoms with E-state index >= 15 is 0 Å². The molecule has 1 heterocycles. The van der Waals surface area contributed by atoms with Crippen molar-refractivity contribution in [3.63, 3.8) is 0 Å². The molecule has 120 valence electrons. The van der Waals surface area contributed by atoms with Gasteiger partial charge in [-0.05, 0) is 67.5 Å². The minimum atomic E-state index is -0.0473. The van der Waals surface area contributed by atoms with Gasteiger partial charge in [0.1, 0.15) is 0 Å². The number of anilines is 1. The van der Waals surface area contributed by atoms with Crippen molar-refractivity contribution in [3.05, 3.63) is 59.7 Å².